The Balaban J connectivity index is 2.08. The Morgan fingerprint density at radius 1 is 1.29 bits per heavy atom. The number of esters is 1. The molecule has 0 radical (unpaired) electrons. The number of rotatable bonds is 5. The number of carbonyl (C=O) groups excluding carboxylic acids is 2. The molecule has 1 heterocycles. The average Bonchev–Trinajstić information content (AvgIpc) is 2.41. The van der Waals surface area contributed by atoms with Crippen molar-refractivity contribution in [1.29, 1.82) is 0 Å². The molecule has 0 aromatic heterocycles. The van der Waals surface area contributed by atoms with E-state index in [0.29, 0.717) is 13.0 Å². The van der Waals surface area contributed by atoms with Gasteiger partial charge >= 0.3 is 5.97 Å². The van der Waals surface area contributed by atoms with Gasteiger partial charge in [-0.25, -0.2) is 0 Å². The van der Waals surface area contributed by atoms with Crippen LogP contribution in [0.25, 0.3) is 0 Å². The van der Waals surface area contributed by atoms with Crippen LogP contribution in [-0.2, 0) is 20.7 Å². The Morgan fingerprint density at radius 3 is 2.71 bits per heavy atom. The monoisotopic (exact) mass is 289 g/mol. The van der Waals surface area contributed by atoms with Gasteiger partial charge in [-0.3, -0.25) is 9.59 Å². The highest BCUT2D eigenvalue weighted by atomic mass is 16.5. The van der Waals surface area contributed by atoms with Gasteiger partial charge in [0, 0.05) is 12.5 Å². The summed E-state index contributed by atoms with van der Waals surface area (Å²) < 4.78 is 4.83. The summed E-state index contributed by atoms with van der Waals surface area (Å²) in [5.74, 6) is -0.504. The number of fused-ring (bicyclic) bond motifs is 1. The van der Waals surface area contributed by atoms with E-state index < -0.39 is 5.97 Å². The van der Waals surface area contributed by atoms with Crippen LogP contribution in [0.15, 0.2) is 12.1 Å². The third kappa shape index (κ3) is 3.91. The molecule has 0 amide bonds. The summed E-state index contributed by atoms with van der Waals surface area (Å²) in [4.78, 5) is 23.4. The standard InChI is InChI=1S/C17H23NO3/c1-4-21-17(20)10-14(19)9-16-15-8-12(3)11(2)7-13(15)5-6-18-16/h7-8,16,18H,4-6,9-10H2,1-3H3. The molecule has 4 heteroatoms. The Hall–Kier alpha value is -1.68. The highest BCUT2D eigenvalue weighted by molar-refractivity contribution is 5.95. The molecule has 4 nitrogen and oxygen atoms in total. The number of benzene rings is 1. The summed E-state index contributed by atoms with van der Waals surface area (Å²) >= 11 is 0. The highest BCUT2D eigenvalue weighted by Gasteiger charge is 2.23. The van der Waals surface area contributed by atoms with Crippen molar-refractivity contribution in [2.45, 2.75) is 46.1 Å². The smallest absolute Gasteiger partial charge is 0.313 e. The molecule has 0 fully saturated rings. The van der Waals surface area contributed by atoms with Gasteiger partial charge in [0.1, 0.15) is 12.2 Å². The Morgan fingerprint density at radius 2 is 2.00 bits per heavy atom. The second kappa shape index (κ2) is 6.85. The maximum Gasteiger partial charge on any atom is 0.313 e. The Bertz CT molecular complexity index is 551. The first kappa shape index (κ1) is 15.7. The third-order valence-electron chi connectivity index (χ3n) is 3.99. The van der Waals surface area contributed by atoms with Gasteiger partial charge in [-0.05, 0) is 56.0 Å². The maximum atomic E-state index is 12.0. The van der Waals surface area contributed by atoms with Gasteiger partial charge in [-0.2, -0.15) is 0 Å². The molecule has 0 spiro atoms. The molecule has 1 aliphatic heterocycles. The van der Waals surface area contributed by atoms with Crippen LogP contribution in [0.1, 0.15) is 48.1 Å². The van der Waals surface area contributed by atoms with Gasteiger partial charge in [0.2, 0.25) is 0 Å². The fourth-order valence-electron chi connectivity index (χ4n) is 2.79. The summed E-state index contributed by atoms with van der Waals surface area (Å²) in [6.45, 7) is 7.12. The number of hydrogen-bond acceptors (Lipinski definition) is 4. The number of Topliss-reactive ketones (excluding diaryl/α,β-unsaturated/α-hetero) is 1. The predicted octanol–water partition coefficient (Wildman–Crippen LogP) is 2.40. The molecule has 1 unspecified atom stereocenters. The van der Waals surface area contributed by atoms with Crippen LogP contribution >= 0.6 is 0 Å². The van der Waals surface area contributed by atoms with E-state index in [0.717, 1.165) is 13.0 Å². The SMILES string of the molecule is CCOC(=O)CC(=O)CC1NCCc2cc(C)c(C)cc21. The molecule has 2 rings (SSSR count). The van der Waals surface area contributed by atoms with Crippen LogP contribution < -0.4 is 5.32 Å². The van der Waals surface area contributed by atoms with E-state index in [1.54, 1.807) is 6.92 Å². The van der Waals surface area contributed by atoms with Gasteiger partial charge in [0.05, 0.1) is 6.61 Å². The molecule has 21 heavy (non-hydrogen) atoms. The van der Waals surface area contributed by atoms with Gasteiger partial charge in [0.25, 0.3) is 0 Å². The molecular formula is C17H23NO3. The van der Waals surface area contributed by atoms with Gasteiger partial charge in [-0.15, -0.1) is 0 Å². The van der Waals surface area contributed by atoms with E-state index in [-0.39, 0.29) is 18.2 Å². The van der Waals surface area contributed by atoms with Crippen molar-refractivity contribution in [3.8, 4) is 0 Å². The van der Waals surface area contributed by atoms with E-state index in [2.05, 4.69) is 31.3 Å². The van der Waals surface area contributed by atoms with E-state index >= 15 is 0 Å². The maximum absolute atomic E-state index is 12.0. The number of ketones is 1. The van der Waals surface area contributed by atoms with Crippen LogP contribution in [0, 0.1) is 13.8 Å². The molecule has 0 saturated heterocycles. The lowest BCUT2D eigenvalue weighted by molar-refractivity contribution is -0.145. The molecule has 0 aliphatic carbocycles. The van der Waals surface area contributed by atoms with Crippen molar-refractivity contribution in [2.75, 3.05) is 13.2 Å². The molecule has 1 atom stereocenters. The molecule has 114 valence electrons. The second-order valence-electron chi connectivity index (χ2n) is 5.62. The molecule has 0 bridgehead atoms. The fraction of sp³-hybridized carbons (Fsp3) is 0.529. The Kier molecular flexibility index (Phi) is 5.12. The quantitative estimate of drug-likeness (QED) is 0.668. The van der Waals surface area contributed by atoms with Crippen LogP contribution in [0.5, 0.6) is 0 Å². The topological polar surface area (TPSA) is 55.4 Å². The molecule has 1 aromatic rings. The second-order valence-corrected chi connectivity index (χ2v) is 5.62. The lowest BCUT2D eigenvalue weighted by Gasteiger charge is -2.27. The third-order valence-corrected chi connectivity index (χ3v) is 3.99. The number of ether oxygens (including phenoxy) is 1. The number of hydrogen-bond donors (Lipinski definition) is 1. The lowest BCUT2D eigenvalue weighted by atomic mass is 9.88. The number of carbonyl (C=O) groups is 2. The van der Waals surface area contributed by atoms with Crippen molar-refractivity contribution >= 4 is 11.8 Å². The number of aryl methyl sites for hydroxylation is 2. The first-order chi connectivity index (χ1) is 10.0. The number of nitrogens with one attached hydrogen (secondary N) is 1. The van der Waals surface area contributed by atoms with Crippen molar-refractivity contribution in [1.82, 2.24) is 5.32 Å². The van der Waals surface area contributed by atoms with Crippen molar-refractivity contribution in [3.05, 3.63) is 34.4 Å². The fourth-order valence-corrected chi connectivity index (χ4v) is 2.79. The first-order valence-corrected chi connectivity index (χ1v) is 7.52. The van der Waals surface area contributed by atoms with Crippen LogP contribution in [0.2, 0.25) is 0 Å². The lowest BCUT2D eigenvalue weighted by Crippen LogP contribution is -2.32. The van der Waals surface area contributed by atoms with Gasteiger partial charge in [-0.1, -0.05) is 12.1 Å². The molecule has 1 aliphatic rings. The van der Waals surface area contributed by atoms with E-state index in [9.17, 15) is 9.59 Å². The van der Waals surface area contributed by atoms with Gasteiger partial charge in [0.15, 0.2) is 0 Å². The summed E-state index contributed by atoms with van der Waals surface area (Å²) in [7, 11) is 0. The predicted molar refractivity (Wildman–Crippen MR) is 81.2 cm³/mol. The Labute approximate surface area is 125 Å². The minimum Gasteiger partial charge on any atom is -0.466 e. The highest BCUT2D eigenvalue weighted by Crippen LogP contribution is 2.28. The molecular weight excluding hydrogens is 266 g/mol. The average molecular weight is 289 g/mol. The van der Waals surface area contributed by atoms with Crippen molar-refractivity contribution in [3.63, 3.8) is 0 Å². The molecule has 0 saturated carbocycles. The molecule has 1 N–H and O–H groups in total. The van der Waals surface area contributed by atoms with Crippen LogP contribution in [0.3, 0.4) is 0 Å². The van der Waals surface area contributed by atoms with E-state index in [4.69, 9.17) is 4.74 Å². The van der Waals surface area contributed by atoms with Crippen LogP contribution in [0.4, 0.5) is 0 Å². The first-order valence-electron chi connectivity index (χ1n) is 7.52. The molecule has 1 aromatic carbocycles. The zero-order valence-electron chi connectivity index (χ0n) is 13.0. The minimum absolute atomic E-state index is 0.00924. The zero-order valence-corrected chi connectivity index (χ0v) is 13.0. The minimum atomic E-state index is -0.432. The van der Waals surface area contributed by atoms with Crippen molar-refractivity contribution in [2.24, 2.45) is 0 Å². The zero-order chi connectivity index (χ0) is 15.4. The summed E-state index contributed by atoms with van der Waals surface area (Å²) in [5.41, 5.74) is 5.03. The van der Waals surface area contributed by atoms with Crippen LogP contribution in [-0.4, -0.2) is 24.9 Å². The van der Waals surface area contributed by atoms with E-state index in [1.165, 1.54) is 22.3 Å². The normalized spacial score (nSPS) is 17.2. The van der Waals surface area contributed by atoms with Gasteiger partial charge < -0.3 is 10.1 Å². The van der Waals surface area contributed by atoms with Crippen molar-refractivity contribution < 1.29 is 14.3 Å². The summed E-state index contributed by atoms with van der Waals surface area (Å²) in [6, 6.07) is 4.39. The summed E-state index contributed by atoms with van der Waals surface area (Å²) in [6.07, 6.45) is 1.19. The largest absolute Gasteiger partial charge is 0.466 e. The van der Waals surface area contributed by atoms with E-state index in [1.807, 2.05) is 0 Å². The summed E-state index contributed by atoms with van der Waals surface area (Å²) in [5, 5.41) is 3.39.